The van der Waals surface area contributed by atoms with Gasteiger partial charge in [0.25, 0.3) is 0 Å². The second kappa shape index (κ2) is 4.61. The number of anilines is 1. The maximum atomic E-state index is 5.85. The molecule has 1 aromatic heterocycles. The van der Waals surface area contributed by atoms with Gasteiger partial charge in [-0.1, -0.05) is 12.1 Å². The quantitative estimate of drug-likeness (QED) is 0.815. The summed E-state index contributed by atoms with van der Waals surface area (Å²) in [6.07, 6.45) is 5.46. The molecule has 0 amide bonds. The first-order valence-corrected chi connectivity index (χ1v) is 6.52. The van der Waals surface area contributed by atoms with Gasteiger partial charge in [-0.05, 0) is 25.3 Å². The van der Waals surface area contributed by atoms with Crippen LogP contribution in [0.4, 0.5) is 5.69 Å². The van der Waals surface area contributed by atoms with Crippen LogP contribution >= 0.6 is 0 Å². The van der Waals surface area contributed by atoms with Crippen molar-refractivity contribution in [1.82, 2.24) is 9.78 Å². The van der Waals surface area contributed by atoms with Crippen molar-refractivity contribution < 1.29 is 4.74 Å². The molecular formula is C14H19N3O. The van der Waals surface area contributed by atoms with E-state index in [1.54, 1.807) is 0 Å². The van der Waals surface area contributed by atoms with E-state index in [2.05, 4.69) is 42.3 Å². The van der Waals surface area contributed by atoms with E-state index in [-0.39, 0.29) is 6.23 Å². The van der Waals surface area contributed by atoms with Crippen LogP contribution in [0.1, 0.15) is 25.5 Å². The van der Waals surface area contributed by atoms with Crippen LogP contribution in [-0.2, 0) is 4.74 Å². The summed E-state index contributed by atoms with van der Waals surface area (Å²) in [7, 11) is 4.13. The molecule has 1 aromatic carbocycles. The molecule has 1 aliphatic heterocycles. The van der Waals surface area contributed by atoms with Crippen molar-refractivity contribution in [2.75, 3.05) is 25.6 Å². The van der Waals surface area contributed by atoms with E-state index in [4.69, 9.17) is 4.74 Å². The van der Waals surface area contributed by atoms with Gasteiger partial charge < -0.3 is 9.64 Å². The number of rotatable bonds is 2. The third-order valence-electron chi connectivity index (χ3n) is 3.51. The van der Waals surface area contributed by atoms with Gasteiger partial charge in [-0.25, -0.2) is 4.68 Å². The molecule has 0 saturated carbocycles. The van der Waals surface area contributed by atoms with Crippen molar-refractivity contribution in [3.63, 3.8) is 0 Å². The fraction of sp³-hybridized carbons (Fsp3) is 0.500. The highest BCUT2D eigenvalue weighted by Gasteiger charge is 2.20. The zero-order valence-electron chi connectivity index (χ0n) is 11.0. The predicted molar refractivity (Wildman–Crippen MR) is 72.9 cm³/mol. The van der Waals surface area contributed by atoms with Gasteiger partial charge in [0.15, 0.2) is 6.23 Å². The highest BCUT2D eigenvalue weighted by Crippen LogP contribution is 2.31. The van der Waals surface area contributed by atoms with Crippen molar-refractivity contribution in [3.8, 4) is 0 Å². The number of benzene rings is 1. The van der Waals surface area contributed by atoms with Crippen LogP contribution in [0.15, 0.2) is 24.4 Å². The van der Waals surface area contributed by atoms with E-state index < -0.39 is 0 Å². The molecule has 1 aliphatic rings. The summed E-state index contributed by atoms with van der Waals surface area (Å²) in [5.74, 6) is 0. The molecule has 2 aromatic rings. The van der Waals surface area contributed by atoms with Gasteiger partial charge >= 0.3 is 0 Å². The molecule has 0 spiro atoms. The standard InChI is InChI=1S/C14H19N3O/c1-16(2)12-7-5-6-11-10-15-17(14(11)12)13-8-3-4-9-18-13/h5-7,10,13H,3-4,8-9H2,1-2H3. The van der Waals surface area contributed by atoms with Gasteiger partial charge in [-0.3, -0.25) is 0 Å². The Morgan fingerprint density at radius 2 is 2.22 bits per heavy atom. The average Bonchev–Trinajstić information content (AvgIpc) is 2.83. The maximum absolute atomic E-state index is 5.85. The van der Waals surface area contributed by atoms with Crippen LogP contribution in [0.5, 0.6) is 0 Å². The smallest absolute Gasteiger partial charge is 0.150 e. The Labute approximate surface area is 107 Å². The molecule has 4 nitrogen and oxygen atoms in total. The molecule has 0 bridgehead atoms. The Morgan fingerprint density at radius 1 is 1.33 bits per heavy atom. The van der Waals surface area contributed by atoms with Gasteiger partial charge in [0, 0.05) is 26.1 Å². The van der Waals surface area contributed by atoms with E-state index in [1.807, 2.05) is 10.9 Å². The lowest BCUT2D eigenvalue weighted by Gasteiger charge is -2.25. The molecule has 0 N–H and O–H groups in total. The molecule has 0 aliphatic carbocycles. The predicted octanol–water partition coefficient (Wildman–Crippen LogP) is 2.80. The number of hydrogen-bond acceptors (Lipinski definition) is 3. The zero-order valence-corrected chi connectivity index (χ0v) is 11.0. The summed E-state index contributed by atoms with van der Waals surface area (Å²) < 4.78 is 7.89. The summed E-state index contributed by atoms with van der Waals surface area (Å²) in [4.78, 5) is 2.13. The Kier molecular flexibility index (Phi) is 2.96. The van der Waals surface area contributed by atoms with E-state index in [0.29, 0.717) is 0 Å². The van der Waals surface area contributed by atoms with Gasteiger partial charge in [-0.15, -0.1) is 0 Å². The van der Waals surface area contributed by atoms with Crippen molar-refractivity contribution in [1.29, 1.82) is 0 Å². The molecule has 0 radical (unpaired) electrons. The Balaban J connectivity index is 2.11. The van der Waals surface area contributed by atoms with Crippen molar-refractivity contribution >= 4 is 16.6 Å². The van der Waals surface area contributed by atoms with E-state index in [0.717, 1.165) is 19.4 Å². The number of hydrogen-bond donors (Lipinski definition) is 0. The topological polar surface area (TPSA) is 30.3 Å². The van der Waals surface area contributed by atoms with Gasteiger partial charge in [-0.2, -0.15) is 5.10 Å². The van der Waals surface area contributed by atoms with Gasteiger partial charge in [0.2, 0.25) is 0 Å². The van der Waals surface area contributed by atoms with Crippen molar-refractivity contribution in [2.45, 2.75) is 25.5 Å². The van der Waals surface area contributed by atoms with Crippen molar-refractivity contribution in [3.05, 3.63) is 24.4 Å². The van der Waals surface area contributed by atoms with Gasteiger partial charge in [0.1, 0.15) is 0 Å². The molecule has 2 heterocycles. The normalized spacial score (nSPS) is 20.2. The molecule has 18 heavy (non-hydrogen) atoms. The Hall–Kier alpha value is -1.55. The Bertz CT molecular complexity index is 541. The second-order valence-corrected chi connectivity index (χ2v) is 5.02. The Morgan fingerprint density at radius 3 is 2.94 bits per heavy atom. The molecule has 1 unspecified atom stereocenters. The minimum atomic E-state index is 0.0948. The summed E-state index contributed by atoms with van der Waals surface area (Å²) in [5.41, 5.74) is 2.37. The molecule has 3 rings (SSSR count). The lowest BCUT2D eigenvalue weighted by molar-refractivity contribution is -0.0366. The van der Waals surface area contributed by atoms with Crippen LogP contribution in [0.25, 0.3) is 10.9 Å². The maximum Gasteiger partial charge on any atom is 0.150 e. The number of ether oxygens (including phenoxy) is 1. The first-order chi connectivity index (χ1) is 8.77. The molecule has 1 fully saturated rings. The number of para-hydroxylation sites is 1. The van der Waals surface area contributed by atoms with Crippen LogP contribution < -0.4 is 4.90 Å². The molecule has 1 atom stereocenters. The SMILES string of the molecule is CN(C)c1cccc2cnn(C3CCCCO3)c12. The summed E-state index contributed by atoms with van der Waals surface area (Å²) in [6.45, 7) is 0.843. The molecular weight excluding hydrogens is 226 g/mol. The number of fused-ring (bicyclic) bond motifs is 1. The fourth-order valence-corrected chi connectivity index (χ4v) is 2.58. The molecule has 96 valence electrons. The number of aromatic nitrogens is 2. The largest absolute Gasteiger partial charge is 0.376 e. The van der Waals surface area contributed by atoms with Crippen LogP contribution in [0.3, 0.4) is 0 Å². The minimum Gasteiger partial charge on any atom is -0.376 e. The molecule has 1 saturated heterocycles. The monoisotopic (exact) mass is 245 g/mol. The second-order valence-electron chi connectivity index (χ2n) is 5.02. The average molecular weight is 245 g/mol. The van der Waals surface area contributed by atoms with E-state index >= 15 is 0 Å². The van der Waals surface area contributed by atoms with E-state index in [1.165, 1.54) is 23.0 Å². The van der Waals surface area contributed by atoms with Crippen LogP contribution in [-0.4, -0.2) is 30.5 Å². The minimum absolute atomic E-state index is 0.0948. The number of nitrogens with zero attached hydrogens (tertiary/aromatic N) is 3. The summed E-state index contributed by atoms with van der Waals surface area (Å²) in [5, 5.41) is 5.70. The third-order valence-corrected chi connectivity index (χ3v) is 3.51. The van der Waals surface area contributed by atoms with Crippen LogP contribution in [0, 0.1) is 0 Å². The summed E-state index contributed by atoms with van der Waals surface area (Å²) >= 11 is 0. The molecule has 4 heteroatoms. The summed E-state index contributed by atoms with van der Waals surface area (Å²) in [6, 6.07) is 6.31. The third kappa shape index (κ3) is 1.86. The fourth-order valence-electron chi connectivity index (χ4n) is 2.58. The first-order valence-electron chi connectivity index (χ1n) is 6.52. The van der Waals surface area contributed by atoms with Gasteiger partial charge in [0.05, 0.1) is 17.4 Å². The first kappa shape index (κ1) is 11.5. The highest BCUT2D eigenvalue weighted by atomic mass is 16.5. The van der Waals surface area contributed by atoms with E-state index in [9.17, 15) is 0 Å². The highest BCUT2D eigenvalue weighted by molar-refractivity contribution is 5.91. The zero-order chi connectivity index (χ0) is 12.5. The van der Waals surface area contributed by atoms with Crippen LogP contribution in [0.2, 0.25) is 0 Å². The lowest BCUT2D eigenvalue weighted by Crippen LogP contribution is -2.20. The lowest BCUT2D eigenvalue weighted by atomic mass is 10.1. The van der Waals surface area contributed by atoms with Crippen molar-refractivity contribution in [2.24, 2.45) is 0 Å².